The van der Waals surface area contributed by atoms with E-state index in [1.807, 2.05) is 25.2 Å². The summed E-state index contributed by atoms with van der Waals surface area (Å²) in [5.41, 5.74) is 0. The second-order valence-electron chi connectivity index (χ2n) is 1.99. The van der Waals surface area contributed by atoms with E-state index in [1.165, 1.54) is 0 Å². The van der Waals surface area contributed by atoms with Gasteiger partial charge in [0.2, 0.25) is 0 Å². The third-order valence-corrected chi connectivity index (χ3v) is 1.07. The molecular weight excluding hydrogens is 140 g/mol. The van der Waals surface area contributed by atoms with Crippen LogP contribution in [0.15, 0.2) is 24.3 Å². The van der Waals surface area contributed by atoms with Crippen molar-refractivity contribution in [2.75, 3.05) is 6.61 Å². The summed E-state index contributed by atoms with van der Waals surface area (Å²) < 4.78 is 4.78. The van der Waals surface area contributed by atoms with Gasteiger partial charge in [-0.15, -0.1) is 0 Å². The summed E-state index contributed by atoms with van der Waals surface area (Å²) in [5, 5.41) is 0. The fourth-order valence-electron chi connectivity index (χ4n) is 0.488. The molecule has 0 aromatic carbocycles. The van der Waals surface area contributed by atoms with Crippen LogP contribution < -0.4 is 0 Å². The Hall–Kier alpha value is -1.05. The highest BCUT2D eigenvalue weighted by molar-refractivity contribution is 5.68. The van der Waals surface area contributed by atoms with E-state index in [-0.39, 0.29) is 5.97 Å². The van der Waals surface area contributed by atoms with Crippen LogP contribution in [-0.4, -0.2) is 12.6 Å². The maximum Gasteiger partial charge on any atom is 0.305 e. The molecule has 0 atom stereocenters. The lowest BCUT2D eigenvalue weighted by atomic mass is 10.4. The van der Waals surface area contributed by atoms with Crippen LogP contribution in [-0.2, 0) is 9.53 Å². The quantitative estimate of drug-likeness (QED) is 0.457. The summed E-state index contributed by atoms with van der Waals surface area (Å²) in [4.78, 5) is 10.6. The number of hydrogen-bond donors (Lipinski definition) is 0. The summed E-state index contributed by atoms with van der Waals surface area (Å²) >= 11 is 0. The first kappa shape index (κ1) is 9.95. The maximum atomic E-state index is 10.6. The van der Waals surface area contributed by atoms with Crippen molar-refractivity contribution in [2.45, 2.75) is 20.3 Å². The number of rotatable bonds is 4. The average Bonchev–Trinajstić information content (AvgIpc) is 2.04. The zero-order chi connectivity index (χ0) is 8.53. The summed E-state index contributed by atoms with van der Waals surface area (Å²) in [6, 6.07) is 0. The molecule has 0 spiro atoms. The van der Waals surface area contributed by atoms with Crippen molar-refractivity contribution in [3.05, 3.63) is 24.3 Å². The molecule has 0 N–H and O–H groups in total. The molecule has 0 fully saturated rings. The molecule has 0 bridgehead atoms. The number of allylic oxidation sites excluding steroid dienone is 3. The average molecular weight is 154 g/mol. The van der Waals surface area contributed by atoms with E-state index in [2.05, 4.69) is 0 Å². The summed E-state index contributed by atoms with van der Waals surface area (Å²) in [6.07, 6.45) is 7.89. The van der Waals surface area contributed by atoms with E-state index in [0.717, 1.165) is 0 Å². The standard InChI is InChI=1S/C9H14O2/c1-3-5-6-7-8-11-9(10)4-2/h3,5-7H,4,8H2,1-2H3/b5-3+,7-6+. The Bertz CT molecular complexity index is 157. The minimum absolute atomic E-state index is 0.157. The predicted molar refractivity (Wildman–Crippen MR) is 45.2 cm³/mol. The number of esters is 1. The van der Waals surface area contributed by atoms with Gasteiger partial charge >= 0.3 is 5.97 Å². The SMILES string of the molecule is C/C=C/C=C/COC(=O)CC. The van der Waals surface area contributed by atoms with Crippen molar-refractivity contribution < 1.29 is 9.53 Å². The predicted octanol–water partition coefficient (Wildman–Crippen LogP) is 2.07. The number of hydrogen-bond acceptors (Lipinski definition) is 2. The first-order valence-corrected chi connectivity index (χ1v) is 3.74. The highest BCUT2D eigenvalue weighted by atomic mass is 16.5. The lowest BCUT2D eigenvalue weighted by molar-refractivity contribution is -0.141. The summed E-state index contributed by atoms with van der Waals surface area (Å²) in [6.45, 7) is 4.08. The van der Waals surface area contributed by atoms with Crippen molar-refractivity contribution in [2.24, 2.45) is 0 Å². The number of carbonyl (C=O) groups excluding carboxylic acids is 1. The molecule has 0 aliphatic heterocycles. The normalized spacial score (nSPS) is 11.1. The lowest BCUT2D eigenvalue weighted by Gasteiger charge is -1.95. The Kier molecular flexibility index (Phi) is 6.39. The Balaban J connectivity index is 3.33. The molecule has 0 radical (unpaired) electrons. The van der Waals surface area contributed by atoms with Crippen LogP contribution in [0.2, 0.25) is 0 Å². The van der Waals surface area contributed by atoms with Gasteiger partial charge in [0.1, 0.15) is 6.61 Å². The van der Waals surface area contributed by atoms with Crippen molar-refractivity contribution in [3.63, 3.8) is 0 Å². The molecule has 0 heterocycles. The summed E-state index contributed by atoms with van der Waals surface area (Å²) in [7, 11) is 0. The maximum absolute atomic E-state index is 10.6. The van der Waals surface area contributed by atoms with E-state index < -0.39 is 0 Å². The first-order chi connectivity index (χ1) is 5.31. The highest BCUT2D eigenvalue weighted by Gasteiger charge is 1.92. The van der Waals surface area contributed by atoms with Crippen LogP contribution in [0.5, 0.6) is 0 Å². The van der Waals surface area contributed by atoms with Gasteiger partial charge in [0.25, 0.3) is 0 Å². The van der Waals surface area contributed by atoms with Crippen LogP contribution in [0.1, 0.15) is 20.3 Å². The largest absolute Gasteiger partial charge is 0.461 e. The molecule has 0 aromatic rings. The zero-order valence-corrected chi connectivity index (χ0v) is 7.04. The molecule has 2 nitrogen and oxygen atoms in total. The monoisotopic (exact) mass is 154 g/mol. The van der Waals surface area contributed by atoms with Crippen LogP contribution in [0.4, 0.5) is 0 Å². The molecule has 0 rings (SSSR count). The summed E-state index contributed by atoms with van der Waals surface area (Å²) in [5.74, 6) is -0.157. The Morgan fingerprint density at radius 3 is 2.73 bits per heavy atom. The third-order valence-electron chi connectivity index (χ3n) is 1.07. The first-order valence-electron chi connectivity index (χ1n) is 3.74. The molecular formula is C9H14O2. The van der Waals surface area contributed by atoms with Gasteiger partial charge in [-0.1, -0.05) is 25.2 Å². The van der Waals surface area contributed by atoms with Crippen LogP contribution in [0.25, 0.3) is 0 Å². The van der Waals surface area contributed by atoms with Crippen molar-refractivity contribution in [3.8, 4) is 0 Å². The van der Waals surface area contributed by atoms with Gasteiger partial charge in [-0.25, -0.2) is 0 Å². The van der Waals surface area contributed by atoms with Crippen molar-refractivity contribution in [1.29, 1.82) is 0 Å². The second-order valence-corrected chi connectivity index (χ2v) is 1.99. The van der Waals surface area contributed by atoms with E-state index in [9.17, 15) is 4.79 Å². The third kappa shape index (κ3) is 6.84. The molecule has 0 aromatic heterocycles. The van der Waals surface area contributed by atoms with E-state index in [0.29, 0.717) is 13.0 Å². The lowest BCUT2D eigenvalue weighted by Crippen LogP contribution is -2.01. The minimum Gasteiger partial charge on any atom is -0.461 e. The molecule has 2 heteroatoms. The fourth-order valence-corrected chi connectivity index (χ4v) is 0.488. The zero-order valence-electron chi connectivity index (χ0n) is 7.04. The number of ether oxygens (including phenoxy) is 1. The molecule has 0 amide bonds. The Labute approximate surface area is 67.6 Å². The number of carbonyl (C=O) groups is 1. The van der Waals surface area contributed by atoms with Crippen molar-refractivity contribution >= 4 is 5.97 Å². The van der Waals surface area contributed by atoms with Gasteiger partial charge in [0, 0.05) is 6.42 Å². The molecule has 62 valence electrons. The van der Waals surface area contributed by atoms with E-state index in [1.54, 1.807) is 13.0 Å². The van der Waals surface area contributed by atoms with E-state index >= 15 is 0 Å². The smallest absolute Gasteiger partial charge is 0.305 e. The van der Waals surface area contributed by atoms with Gasteiger partial charge in [-0.2, -0.15) is 0 Å². The van der Waals surface area contributed by atoms with Gasteiger partial charge in [-0.05, 0) is 13.0 Å². The Morgan fingerprint density at radius 1 is 1.45 bits per heavy atom. The van der Waals surface area contributed by atoms with Crippen LogP contribution in [0.3, 0.4) is 0 Å². The van der Waals surface area contributed by atoms with Crippen molar-refractivity contribution in [1.82, 2.24) is 0 Å². The highest BCUT2D eigenvalue weighted by Crippen LogP contribution is 1.85. The molecule has 0 unspecified atom stereocenters. The van der Waals surface area contributed by atoms with E-state index in [4.69, 9.17) is 4.74 Å². The minimum atomic E-state index is -0.157. The van der Waals surface area contributed by atoms with Crippen LogP contribution in [0, 0.1) is 0 Å². The molecule has 0 aliphatic rings. The van der Waals surface area contributed by atoms with Gasteiger partial charge in [0.15, 0.2) is 0 Å². The molecule has 11 heavy (non-hydrogen) atoms. The molecule has 0 saturated heterocycles. The van der Waals surface area contributed by atoms with Gasteiger partial charge in [-0.3, -0.25) is 4.79 Å². The fraction of sp³-hybridized carbons (Fsp3) is 0.444. The second kappa shape index (κ2) is 7.06. The molecule has 0 aliphatic carbocycles. The Morgan fingerprint density at radius 2 is 2.18 bits per heavy atom. The topological polar surface area (TPSA) is 26.3 Å². The molecule has 0 saturated carbocycles. The van der Waals surface area contributed by atoms with Gasteiger partial charge in [0.05, 0.1) is 0 Å². The van der Waals surface area contributed by atoms with Crippen LogP contribution >= 0.6 is 0 Å². The van der Waals surface area contributed by atoms with Gasteiger partial charge < -0.3 is 4.74 Å².